The number of benzene rings is 2. The molecule has 0 atom stereocenters. The molecule has 0 aliphatic rings. The minimum Gasteiger partial charge on any atom is -0.496 e. The largest absolute Gasteiger partial charge is 0.496 e. The summed E-state index contributed by atoms with van der Waals surface area (Å²) in [5, 5.41) is 14.9. The molecule has 0 aromatic heterocycles. The van der Waals surface area contributed by atoms with E-state index in [1.807, 2.05) is 12.1 Å². The van der Waals surface area contributed by atoms with E-state index in [1.54, 1.807) is 27.2 Å². The van der Waals surface area contributed by atoms with Gasteiger partial charge in [-0.15, -0.1) is 0 Å². The number of methoxy groups -OCH3 is 2. The lowest BCUT2D eigenvalue weighted by molar-refractivity contribution is -0.384. The summed E-state index contributed by atoms with van der Waals surface area (Å²) in [6, 6.07) is 10.9. The summed E-state index contributed by atoms with van der Waals surface area (Å²) in [5.74, 6) is 0.169. The Hall–Kier alpha value is -3.26. The third-order valence-corrected chi connectivity index (χ3v) is 3.64. The van der Waals surface area contributed by atoms with Crippen LogP contribution in [0.1, 0.15) is 28.4 Å². The van der Waals surface area contributed by atoms with Crippen LogP contribution in [0.5, 0.6) is 5.75 Å². The lowest BCUT2D eigenvalue weighted by atomic mass is 10.1. The summed E-state index contributed by atoms with van der Waals surface area (Å²) in [5.41, 5.74) is 4.63. The Balaban J connectivity index is 2.17. The Bertz CT molecular complexity index is 848. The van der Waals surface area contributed by atoms with Crippen LogP contribution in [-0.2, 0) is 11.3 Å². The molecule has 0 spiro atoms. The summed E-state index contributed by atoms with van der Waals surface area (Å²) in [4.78, 5) is 22.4. The number of nitro groups is 1. The fraction of sp³-hybridized carbons (Fsp3) is 0.222. The highest BCUT2D eigenvalue weighted by Gasteiger charge is 2.11. The minimum absolute atomic E-state index is 0.155. The first-order chi connectivity index (χ1) is 12.5. The first-order valence-corrected chi connectivity index (χ1v) is 7.71. The van der Waals surface area contributed by atoms with E-state index in [9.17, 15) is 14.9 Å². The number of amides is 1. The van der Waals surface area contributed by atoms with Gasteiger partial charge in [-0.3, -0.25) is 14.9 Å². The Morgan fingerprint density at radius 1 is 1.19 bits per heavy atom. The summed E-state index contributed by atoms with van der Waals surface area (Å²) in [6.45, 7) is 2.12. The molecule has 2 rings (SSSR count). The number of nitro benzene ring substituents is 1. The maximum atomic E-state index is 12.1. The third kappa shape index (κ3) is 4.64. The van der Waals surface area contributed by atoms with Crippen molar-refractivity contribution in [3.05, 3.63) is 69.3 Å². The van der Waals surface area contributed by atoms with E-state index in [-0.39, 0.29) is 11.3 Å². The van der Waals surface area contributed by atoms with Gasteiger partial charge >= 0.3 is 0 Å². The second kappa shape index (κ2) is 8.72. The number of nitrogens with one attached hydrogen (secondary N) is 1. The van der Waals surface area contributed by atoms with Crippen molar-refractivity contribution >= 4 is 17.3 Å². The van der Waals surface area contributed by atoms with Gasteiger partial charge in [0.2, 0.25) is 0 Å². The predicted octanol–water partition coefficient (Wildman–Crippen LogP) is 2.90. The fourth-order valence-electron chi connectivity index (χ4n) is 2.30. The lowest BCUT2D eigenvalue weighted by Gasteiger charge is -2.10. The topological polar surface area (TPSA) is 103 Å². The molecular formula is C18H19N3O5. The van der Waals surface area contributed by atoms with Gasteiger partial charge in [0.25, 0.3) is 11.6 Å². The van der Waals surface area contributed by atoms with Crippen LogP contribution in [0.3, 0.4) is 0 Å². The molecule has 2 aromatic rings. The number of nitrogens with zero attached hydrogens (tertiary/aromatic N) is 2. The highest BCUT2D eigenvalue weighted by molar-refractivity contribution is 6.01. The summed E-state index contributed by atoms with van der Waals surface area (Å²) in [6.07, 6.45) is 0. The van der Waals surface area contributed by atoms with Crippen LogP contribution >= 0.6 is 0 Å². The molecule has 1 N–H and O–H groups in total. The maximum absolute atomic E-state index is 12.1. The van der Waals surface area contributed by atoms with Gasteiger partial charge in [-0.25, -0.2) is 5.43 Å². The van der Waals surface area contributed by atoms with Crippen molar-refractivity contribution in [1.82, 2.24) is 5.43 Å². The van der Waals surface area contributed by atoms with E-state index in [0.29, 0.717) is 18.1 Å². The van der Waals surface area contributed by atoms with E-state index < -0.39 is 10.8 Å². The highest BCUT2D eigenvalue weighted by atomic mass is 16.6. The van der Waals surface area contributed by atoms with Crippen LogP contribution in [-0.4, -0.2) is 30.8 Å². The van der Waals surface area contributed by atoms with Crippen molar-refractivity contribution in [3.8, 4) is 5.75 Å². The van der Waals surface area contributed by atoms with Crippen molar-refractivity contribution in [2.24, 2.45) is 5.10 Å². The lowest BCUT2D eigenvalue weighted by Crippen LogP contribution is -2.19. The number of carbonyl (C=O) groups is 1. The van der Waals surface area contributed by atoms with E-state index in [0.717, 1.165) is 11.1 Å². The number of hydrogen-bond donors (Lipinski definition) is 1. The summed E-state index contributed by atoms with van der Waals surface area (Å²) in [7, 11) is 3.17. The number of carbonyl (C=O) groups excluding carboxylic acids is 1. The molecule has 1 amide bonds. The smallest absolute Gasteiger partial charge is 0.271 e. The molecule has 0 bridgehead atoms. The molecule has 136 valence electrons. The Kier molecular flexibility index (Phi) is 6.40. The molecular weight excluding hydrogens is 338 g/mol. The highest BCUT2D eigenvalue weighted by Crippen LogP contribution is 2.21. The van der Waals surface area contributed by atoms with Gasteiger partial charge < -0.3 is 9.47 Å². The average Bonchev–Trinajstić information content (AvgIpc) is 2.66. The van der Waals surface area contributed by atoms with E-state index in [1.165, 1.54) is 24.3 Å². The van der Waals surface area contributed by atoms with Gasteiger partial charge in [0.15, 0.2) is 0 Å². The predicted molar refractivity (Wildman–Crippen MR) is 96.5 cm³/mol. The molecule has 0 fully saturated rings. The van der Waals surface area contributed by atoms with Gasteiger partial charge in [-0.05, 0) is 36.8 Å². The van der Waals surface area contributed by atoms with E-state index >= 15 is 0 Å². The van der Waals surface area contributed by atoms with E-state index in [2.05, 4.69) is 10.5 Å². The minimum atomic E-state index is -0.556. The first-order valence-electron chi connectivity index (χ1n) is 7.71. The Morgan fingerprint density at radius 3 is 2.62 bits per heavy atom. The molecule has 26 heavy (non-hydrogen) atoms. The van der Waals surface area contributed by atoms with Crippen molar-refractivity contribution in [2.75, 3.05) is 14.2 Å². The van der Waals surface area contributed by atoms with Crippen LogP contribution in [0.4, 0.5) is 5.69 Å². The molecule has 2 aromatic carbocycles. The van der Waals surface area contributed by atoms with Crippen LogP contribution in [0.15, 0.2) is 47.6 Å². The van der Waals surface area contributed by atoms with Gasteiger partial charge in [-0.1, -0.05) is 6.07 Å². The molecule has 0 unspecified atom stereocenters. The third-order valence-electron chi connectivity index (χ3n) is 3.64. The van der Waals surface area contributed by atoms with Gasteiger partial charge in [0, 0.05) is 30.4 Å². The van der Waals surface area contributed by atoms with Crippen molar-refractivity contribution in [2.45, 2.75) is 13.5 Å². The molecule has 0 heterocycles. The van der Waals surface area contributed by atoms with Crippen molar-refractivity contribution in [1.29, 1.82) is 0 Å². The number of hydrogen-bond acceptors (Lipinski definition) is 6. The van der Waals surface area contributed by atoms with Gasteiger partial charge in [0.05, 0.1) is 24.4 Å². The molecule has 0 radical (unpaired) electrons. The number of hydrazone groups is 1. The second-order valence-electron chi connectivity index (χ2n) is 5.41. The number of non-ortho nitro benzene ring substituents is 1. The Morgan fingerprint density at radius 2 is 1.96 bits per heavy atom. The second-order valence-corrected chi connectivity index (χ2v) is 5.41. The van der Waals surface area contributed by atoms with Crippen molar-refractivity contribution in [3.63, 3.8) is 0 Å². The molecule has 0 aliphatic heterocycles. The molecule has 0 saturated heterocycles. The van der Waals surface area contributed by atoms with Crippen LogP contribution < -0.4 is 10.2 Å². The zero-order chi connectivity index (χ0) is 19.1. The SMILES string of the molecule is COCc1cc(/C(C)=N\NC(=O)c2cccc([N+](=O)[O-])c2)ccc1OC. The zero-order valence-electron chi connectivity index (χ0n) is 14.7. The summed E-state index contributed by atoms with van der Waals surface area (Å²) >= 11 is 0. The standard InChI is InChI=1S/C18H19N3O5/c1-12(13-7-8-17(26-3)15(9-13)11-25-2)19-20-18(22)14-5-4-6-16(10-14)21(23)24/h4-10H,11H2,1-3H3,(H,20,22)/b19-12-. The first kappa shape index (κ1) is 19.1. The zero-order valence-corrected chi connectivity index (χ0v) is 14.7. The van der Waals surface area contributed by atoms with Crippen LogP contribution in [0.25, 0.3) is 0 Å². The maximum Gasteiger partial charge on any atom is 0.271 e. The number of ether oxygens (including phenoxy) is 2. The van der Waals surface area contributed by atoms with Crippen LogP contribution in [0.2, 0.25) is 0 Å². The molecule has 8 heteroatoms. The normalized spacial score (nSPS) is 11.1. The van der Waals surface area contributed by atoms with Crippen LogP contribution in [0, 0.1) is 10.1 Å². The molecule has 8 nitrogen and oxygen atoms in total. The van der Waals surface area contributed by atoms with Crippen molar-refractivity contribution < 1.29 is 19.2 Å². The molecule has 0 saturated carbocycles. The quantitative estimate of drug-likeness (QED) is 0.466. The average molecular weight is 357 g/mol. The monoisotopic (exact) mass is 357 g/mol. The van der Waals surface area contributed by atoms with E-state index in [4.69, 9.17) is 9.47 Å². The Labute approximate surface area is 150 Å². The number of rotatable bonds is 7. The van der Waals surface area contributed by atoms with Gasteiger partial charge in [-0.2, -0.15) is 5.10 Å². The molecule has 0 aliphatic carbocycles. The van der Waals surface area contributed by atoms with Gasteiger partial charge in [0.1, 0.15) is 5.75 Å². The fourth-order valence-corrected chi connectivity index (χ4v) is 2.30. The summed E-state index contributed by atoms with van der Waals surface area (Å²) < 4.78 is 10.4.